The molecule has 8 heteroatoms. The average Bonchev–Trinajstić information content (AvgIpc) is 3.37. The largest absolute Gasteiger partial charge is 0.411 e. The zero-order chi connectivity index (χ0) is 21.8. The molecule has 0 N–H and O–H groups in total. The molecular weight excluding hydrogens is 412 g/mol. The van der Waals surface area contributed by atoms with Gasteiger partial charge >= 0.3 is 0 Å². The second-order valence-electron chi connectivity index (χ2n) is 7.10. The Hall–Kier alpha value is -3.13. The van der Waals surface area contributed by atoms with Gasteiger partial charge in [0.15, 0.2) is 0 Å². The number of hydrogen-bond donors (Lipinski definition) is 0. The fraction of sp³-hybridized carbons (Fsp3) is 0.304. The molecule has 2 amide bonds. The van der Waals surface area contributed by atoms with Crippen molar-refractivity contribution in [3.8, 4) is 11.5 Å². The van der Waals surface area contributed by atoms with Crippen molar-refractivity contribution >= 4 is 29.3 Å². The third kappa shape index (κ3) is 4.34. The summed E-state index contributed by atoms with van der Waals surface area (Å²) in [5, 5.41) is 8.72. The summed E-state index contributed by atoms with van der Waals surface area (Å²) in [6.45, 7) is 6.55. The van der Waals surface area contributed by atoms with E-state index in [1.54, 1.807) is 24.3 Å². The van der Waals surface area contributed by atoms with Gasteiger partial charge in [0.05, 0.1) is 11.1 Å². The lowest BCUT2D eigenvalue weighted by molar-refractivity contribution is 0.0655. The van der Waals surface area contributed by atoms with Crippen LogP contribution < -0.4 is 4.90 Å². The molecular formula is C23H24N4O3S. The van der Waals surface area contributed by atoms with E-state index in [9.17, 15) is 9.59 Å². The van der Waals surface area contributed by atoms with Gasteiger partial charge in [-0.3, -0.25) is 14.5 Å². The smallest absolute Gasteiger partial charge is 0.276 e. The van der Waals surface area contributed by atoms with E-state index in [0.717, 1.165) is 24.3 Å². The Morgan fingerprint density at radius 1 is 0.935 bits per heavy atom. The Morgan fingerprint density at radius 3 is 2.19 bits per heavy atom. The number of imide groups is 1. The second kappa shape index (κ2) is 9.34. The van der Waals surface area contributed by atoms with Crippen LogP contribution in [0.2, 0.25) is 0 Å². The molecule has 0 atom stereocenters. The van der Waals surface area contributed by atoms with Gasteiger partial charge in [-0.2, -0.15) is 0 Å². The van der Waals surface area contributed by atoms with Gasteiger partial charge in [-0.05, 0) is 56.7 Å². The van der Waals surface area contributed by atoms with Crippen molar-refractivity contribution in [1.82, 2.24) is 15.1 Å². The van der Waals surface area contributed by atoms with Gasteiger partial charge in [-0.1, -0.05) is 23.9 Å². The van der Waals surface area contributed by atoms with Crippen LogP contribution in [0.25, 0.3) is 11.5 Å². The molecule has 0 saturated heterocycles. The molecule has 0 fully saturated rings. The van der Waals surface area contributed by atoms with Crippen molar-refractivity contribution < 1.29 is 14.0 Å². The van der Waals surface area contributed by atoms with E-state index in [4.69, 9.17) is 4.42 Å². The summed E-state index contributed by atoms with van der Waals surface area (Å²) in [7, 11) is 0. The molecule has 31 heavy (non-hydrogen) atoms. The van der Waals surface area contributed by atoms with Gasteiger partial charge in [0, 0.05) is 36.6 Å². The minimum atomic E-state index is -0.223. The van der Waals surface area contributed by atoms with Crippen LogP contribution in [0.15, 0.2) is 58.2 Å². The lowest BCUT2D eigenvalue weighted by Crippen LogP contribution is -2.30. The molecule has 1 aromatic heterocycles. The maximum atomic E-state index is 12.4. The molecule has 7 nitrogen and oxygen atoms in total. The van der Waals surface area contributed by atoms with Crippen LogP contribution in [0.3, 0.4) is 0 Å². The van der Waals surface area contributed by atoms with Gasteiger partial charge in [0.25, 0.3) is 17.0 Å². The standard InChI is InChI=1S/C23H24N4O3S/c1-3-26(4-2)17-12-10-16(11-13-17)20-24-25-23(30-20)31-15-7-14-27-21(28)18-8-5-6-9-19(18)22(27)29/h5-6,8-13H,3-4,7,14-15H2,1-2H3. The van der Waals surface area contributed by atoms with Gasteiger partial charge in [0.1, 0.15) is 0 Å². The third-order valence-electron chi connectivity index (χ3n) is 5.28. The summed E-state index contributed by atoms with van der Waals surface area (Å²) >= 11 is 1.42. The van der Waals surface area contributed by atoms with Crippen LogP contribution >= 0.6 is 11.8 Å². The Morgan fingerprint density at radius 2 is 1.58 bits per heavy atom. The Bertz CT molecular complexity index is 1040. The number of rotatable bonds is 9. The normalized spacial score (nSPS) is 13.0. The number of hydrogen-bond acceptors (Lipinski definition) is 7. The molecule has 1 aliphatic rings. The van der Waals surface area contributed by atoms with E-state index >= 15 is 0 Å². The first kappa shape index (κ1) is 21.1. The van der Waals surface area contributed by atoms with Crippen LogP contribution in [0.4, 0.5) is 5.69 Å². The van der Waals surface area contributed by atoms with E-state index in [0.29, 0.717) is 41.0 Å². The van der Waals surface area contributed by atoms with Crippen LogP contribution in [-0.4, -0.2) is 52.3 Å². The molecule has 0 unspecified atom stereocenters. The Balaban J connectivity index is 1.29. The number of carbonyl (C=O) groups is 2. The Labute approximate surface area is 185 Å². The van der Waals surface area contributed by atoms with Gasteiger partial charge in [-0.15, -0.1) is 10.2 Å². The summed E-state index contributed by atoms with van der Waals surface area (Å²) in [4.78, 5) is 28.4. The summed E-state index contributed by atoms with van der Waals surface area (Å²) in [6, 6.07) is 15.0. The molecule has 0 bridgehead atoms. The van der Waals surface area contributed by atoms with Crippen LogP contribution in [0.5, 0.6) is 0 Å². The average molecular weight is 437 g/mol. The lowest BCUT2D eigenvalue weighted by Gasteiger charge is -2.20. The van der Waals surface area contributed by atoms with Crippen molar-refractivity contribution in [3.63, 3.8) is 0 Å². The summed E-state index contributed by atoms with van der Waals surface area (Å²) < 4.78 is 5.77. The van der Waals surface area contributed by atoms with Crippen molar-refractivity contribution in [2.24, 2.45) is 0 Å². The number of benzene rings is 2. The predicted octanol–water partition coefficient (Wildman–Crippen LogP) is 4.36. The summed E-state index contributed by atoms with van der Waals surface area (Å²) in [5.74, 6) is 0.697. The van der Waals surface area contributed by atoms with Crippen LogP contribution in [0, 0.1) is 0 Å². The number of fused-ring (bicyclic) bond motifs is 1. The molecule has 0 radical (unpaired) electrons. The number of thioether (sulfide) groups is 1. The maximum Gasteiger partial charge on any atom is 0.276 e. The van der Waals surface area contributed by atoms with E-state index in [2.05, 4.69) is 41.1 Å². The number of anilines is 1. The maximum absolute atomic E-state index is 12.4. The summed E-state index contributed by atoms with van der Waals surface area (Å²) in [6.07, 6.45) is 0.645. The number of carbonyl (C=O) groups excluding carboxylic acids is 2. The monoisotopic (exact) mass is 436 g/mol. The Kier molecular flexibility index (Phi) is 6.36. The van der Waals surface area contributed by atoms with Gasteiger partial charge in [-0.25, -0.2) is 0 Å². The van der Waals surface area contributed by atoms with Crippen LogP contribution in [-0.2, 0) is 0 Å². The van der Waals surface area contributed by atoms with Gasteiger partial charge < -0.3 is 9.32 Å². The fourth-order valence-corrected chi connectivity index (χ4v) is 4.30. The predicted molar refractivity (Wildman–Crippen MR) is 120 cm³/mol. The van der Waals surface area contributed by atoms with Crippen molar-refractivity contribution in [2.45, 2.75) is 25.5 Å². The van der Waals surface area contributed by atoms with Crippen molar-refractivity contribution in [3.05, 3.63) is 59.7 Å². The molecule has 4 rings (SSSR count). The minimum Gasteiger partial charge on any atom is -0.411 e. The topological polar surface area (TPSA) is 79.5 Å². The molecule has 2 heterocycles. The van der Waals surface area contributed by atoms with Crippen LogP contribution in [0.1, 0.15) is 41.0 Å². The van der Waals surface area contributed by atoms with Gasteiger partial charge in [0.2, 0.25) is 5.89 Å². The fourth-order valence-electron chi connectivity index (χ4n) is 3.61. The zero-order valence-corrected chi connectivity index (χ0v) is 18.4. The third-order valence-corrected chi connectivity index (χ3v) is 6.18. The first-order valence-electron chi connectivity index (χ1n) is 10.4. The first-order chi connectivity index (χ1) is 15.1. The first-order valence-corrected chi connectivity index (χ1v) is 11.4. The molecule has 0 aliphatic carbocycles. The van der Waals surface area contributed by atoms with Crippen molar-refractivity contribution in [2.75, 3.05) is 30.3 Å². The molecule has 2 aromatic carbocycles. The quantitative estimate of drug-likeness (QED) is 0.280. The highest BCUT2D eigenvalue weighted by Gasteiger charge is 2.34. The molecule has 0 spiro atoms. The summed E-state index contributed by atoms with van der Waals surface area (Å²) in [5.41, 5.74) is 3.00. The highest BCUT2D eigenvalue weighted by atomic mass is 32.2. The zero-order valence-electron chi connectivity index (χ0n) is 17.6. The van der Waals surface area contributed by atoms with E-state index in [1.807, 2.05) is 12.1 Å². The highest BCUT2D eigenvalue weighted by molar-refractivity contribution is 7.99. The number of aromatic nitrogens is 2. The van der Waals surface area contributed by atoms with E-state index in [1.165, 1.54) is 16.7 Å². The lowest BCUT2D eigenvalue weighted by atomic mass is 10.1. The number of nitrogens with zero attached hydrogens (tertiary/aromatic N) is 4. The SMILES string of the molecule is CCN(CC)c1ccc(-c2nnc(SCCCN3C(=O)c4ccccc4C3=O)o2)cc1. The van der Waals surface area contributed by atoms with Crippen molar-refractivity contribution in [1.29, 1.82) is 0 Å². The number of amides is 2. The molecule has 1 aliphatic heterocycles. The molecule has 160 valence electrons. The highest BCUT2D eigenvalue weighted by Crippen LogP contribution is 2.27. The van der Waals surface area contributed by atoms with E-state index in [-0.39, 0.29) is 11.8 Å². The molecule has 0 saturated carbocycles. The minimum absolute atomic E-state index is 0.223. The second-order valence-corrected chi connectivity index (χ2v) is 8.15. The van der Waals surface area contributed by atoms with E-state index < -0.39 is 0 Å². The molecule has 3 aromatic rings.